The molecule has 1 heterocycles. The van der Waals surface area contributed by atoms with Crippen LogP contribution in [0.25, 0.3) is 0 Å². The molecule has 1 N–H and O–H groups in total. The molecule has 7 nitrogen and oxygen atoms in total. The topological polar surface area (TPSA) is 86.8 Å². The monoisotopic (exact) mass is 491 g/mol. The van der Waals surface area contributed by atoms with Crippen LogP contribution in [0.4, 0.5) is 0 Å². The van der Waals surface area contributed by atoms with Crippen molar-refractivity contribution in [1.29, 1.82) is 0 Å². The smallest absolute Gasteiger partial charge is 0.247 e. The zero-order valence-corrected chi connectivity index (χ0v) is 20.7. The highest BCUT2D eigenvalue weighted by molar-refractivity contribution is 7.89. The van der Waals surface area contributed by atoms with Crippen LogP contribution in [0.1, 0.15) is 23.6 Å². The molecule has 0 bridgehead atoms. The van der Waals surface area contributed by atoms with E-state index in [1.807, 2.05) is 61.5 Å². The molecule has 0 spiro atoms. The Morgan fingerprint density at radius 2 is 1.54 bits per heavy atom. The summed E-state index contributed by atoms with van der Waals surface area (Å²) in [4.78, 5) is 28.6. The van der Waals surface area contributed by atoms with E-state index in [4.69, 9.17) is 0 Å². The number of benzene rings is 3. The van der Waals surface area contributed by atoms with Crippen LogP contribution in [-0.2, 0) is 32.7 Å². The molecular formula is C27H29N3O4S. The Labute approximate surface area is 206 Å². The molecule has 3 aromatic rings. The molecule has 1 aliphatic heterocycles. The summed E-state index contributed by atoms with van der Waals surface area (Å²) in [5.41, 5.74) is 1.40. The van der Waals surface area contributed by atoms with Crippen LogP contribution in [0.2, 0.25) is 0 Å². The SMILES string of the molecule is Cc1ccccc1CN1C(=O)CN(S(=O)(=O)c2ccccc2)C[C@]1(C)C(=O)NCc1ccccc1. The number of nitrogens with zero attached hydrogens (tertiary/aromatic N) is 2. The van der Waals surface area contributed by atoms with E-state index in [9.17, 15) is 18.0 Å². The van der Waals surface area contributed by atoms with Gasteiger partial charge in [0.05, 0.1) is 11.4 Å². The van der Waals surface area contributed by atoms with Gasteiger partial charge in [0, 0.05) is 19.6 Å². The molecule has 8 heteroatoms. The average molecular weight is 492 g/mol. The number of amides is 2. The highest BCUT2D eigenvalue weighted by Gasteiger charge is 2.50. The van der Waals surface area contributed by atoms with Gasteiger partial charge in [-0.25, -0.2) is 8.42 Å². The van der Waals surface area contributed by atoms with Gasteiger partial charge in [-0.3, -0.25) is 9.59 Å². The maximum absolute atomic E-state index is 13.6. The number of sulfonamides is 1. The minimum absolute atomic E-state index is 0.0900. The molecule has 0 radical (unpaired) electrons. The van der Waals surface area contributed by atoms with Crippen LogP contribution in [-0.4, -0.2) is 48.1 Å². The van der Waals surface area contributed by atoms with Crippen LogP contribution >= 0.6 is 0 Å². The number of aryl methyl sites for hydroxylation is 1. The molecule has 35 heavy (non-hydrogen) atoms. The first kappa shape index (κ1) is 24.6. The Morgan fingerprint density at radius 3 is 2.20 bits per heavy atom. The van der Waals surface area contributed by atoms with Crippen molar-refractivity contribution in [3.63, 3.8) is 0 Å². The Bertz CT molecular complexity index is 1310. The minimum atomic E-state index is -3.97. The lowest BCUT2D eigenvalue weighted by molar-refractivity contribution is -0.153. The summed E-state index contributed by atoms with van der Waals surface area (Å²) in [6.45, 7) is 3.58. The molecule has 0 unspecified atom stereocenters. The highest BCUT2D eigenvalue weighted by atomic mass is 32.2. The van der Waals surface area contributed by atoms with Gasteiger partial charge in [0.25, 0.3) is 0 Å². The quantitative estimate of drug-likeness (QED) is 0.550. The molecule has 0 aromatic heterocycles. The Hall–Kier alpha value is -3.49. The third-order valence-electron chi connectivity index (χ3n) is 6.45. The van der Waals surface area contributed by atoms with Gasteiger partial charge in [-0.15, -0.1) is 0 Å². The lowest BCUT2D eigenvalue weighted by atomic mass is 9.94. The van der Waals surface area contributed by atoms with Gasteiger partial charge in [-0.2, -0.15) is 4.31 Å². The van der Waals surface area contributed by atoms with E-state index in [-0.39, 0.29) is 31.1 Å². The van der Waals surface area contributed by atoms with Gasteiger partial charge in [-0.05, 0) is 42.7 Å². The second-order valence-corrected chi connectivity index (χ2v) is 10.9. The van der Waals surface area contributed by atoms with Gasteiger partial charge < -0.3 is 10.2 Å². The van der Waals surface area contributed by atoms with E-state index in [1.54, 1.807) is 25.1 Å². The van der Waals surface area contributed by atoms with E-state index in [0.29, 0.717) is 0 Å². The van der Waals surface area contributed by atoms with E-state index in [0.717, 1.165) is 21.0 Å². The van der Waals surface area contributed by atoms with Crippen LogP contribution in [0.15, 0.2) is 89.8 Å². The number of piperazine rings is 1. The third kappa shape index (κ3) is 5.13. The second-order valence-electron chi connectivity index (χ2n) is 8.93. The molecule has 2 amide bonds. The van der Waals surface area contributed by atoms with E-state index < -0.39 is 27.4 Å². The Morgan fingerprint density at radius 1 is 0.943 bits per heavy atom. The number of rotatable bonds is 7. The number of hydrogen-bond donors (Lipinski definition) is 1. The van der Waals surface area contributed by atoms with Crippen molar-refractivity contribution in [3.05, 3.63) is 102 Å². The fourth-order valence-corrected chi connectivity index (χ4v) is 5.79. The van der Waals surface area contributed by atoms with Gasteiger partial charge in [0.1, 0.15) is 5.54 Å². The van der Waals surface area contributed by atoms with Gasteiger partial charge in [0.2, 0.25) is 21.8 Å². The third-order valence-corrected chi connectivity index (χ3v) is 8.25. The largest absolute Gasteiger partial charge is 0.350 e. The van der Waals surface area contributed by atoms with Crippen LogP contribution < -0.4 is 5.32 Å². The maximum Gasteiger partial charge on any atom is 0.247 e. The highest BCUT2D eigenvalue weighted by Crippen LogP contribution is 2.30. The summed E-state index contributed by atoms with van der Waals surface area (Å²) in [5.74, 6) is -0.826. The zero-order chi connectivity index (χ0) is 25.1. The molecule has 0 aliphatic carbocycles. The molecule has 1 saturated heterocycles. The molecule has 1 fully saturated rings. The predicted octanol–water partition coefficient (Wildman–Crippen LogP) is 3.10. The number of nitrogens with one attached hydrogen (secondary N) is 1. The lowest BCUT2D eigenvalue weighted by Gasteiger charge is -2.47. The lowest BCUT2D eigenvalue weighted by Crippen LogP contribution is -2.69. The summed E-state index contributed by atoms with van der Waals surface area (Å²) in [5, 5.41) is 2.92. The van der Waals surface area contributed by atoms with Gasteiger partial charge in [-0.1, -0.05) is 72.8 Å². The summed E-state index contributed by atoms with van der Waals surface area (Å²) < 4.78 is 27.8. The van der Waals surface area contributed by atoms with Gasteiger partial charge >= 0.3 is 0 Å². The van der Waals surface area contributed by atoms with Crippen molar-refractivity contribution >= 4 is 21.8 Å². The van der Waals surface area contributed by atoms with Crippen LogP contribution in [0.5, 0.6) is 0 Å². The fourth-order valence-electron chi connectivity index (χ4n) is 4.29. The molecule has 3 aromatic carbocycles. The molecular weight excluding hydrogens is 462 g/mol. The van der Waals surface area contributed by atoms with Crippen molar-refractivity contribution < 1.29 is 18.0 Å². The Kier molecular flexibility index (Phi) is 7.05. The first-order chi connectivity index (χ1) is 16.7. The number of carbonyl (C=O) groups excluding carboxylic acids is 2. The van der Waals surface area contributed by atoms with Crippen molar-refractivity contribution in [2.24, 2.45) is 0 Å². The summed E-state index contributed by atoms with van der Waals surface area (Å²) in [6, 6.07) is 25.1. The summed E-state index contributed by atoms with van der Waals surface area (Å²) in [7, 11) is -3.97. The molecule has 0 saturated carbocycles. The second kappa shape index (κ2) is 10.0. The van der Waals surface area contributed by atoms with Crippen molar-refractivity contribution in [2.75, 3.05) is 13.1 Å². The Balaban J connectivity index is 1.67. The van der Waals surface area contributed by atoms with Crippen LogP contribution in [0, 0.1) is 6.92 Å². The minimum Gasteiger partial charge on any atom is -0.350 e. The summed E-state index contributed by atoms with van der Waals surface area (Å²) in [6.07, 6.45) is 0. The average Bonchev–Trinajstić information content (AvgIpc) is 2.86. The molecule has 1 atom stereocenters. The standard InChI is InChI=1S/C27H29N3O4S/c1-21-11-9-10-14-23(21)18-30-25(31)19-29(35(33,34)24-15-7-4-8-16-24)20-27(30,2)26(32)28-17-22-12-5-3-6-13-22/h3-16H,17-20H2,1-2H3,(H,28,32)/t27-/m1/s1. The van der Waals surface area contributed by atoms with Crippen molar-refractivity contribution in [1.82, 2.24) is 14.5 Å². The zero-order valence-electron chi connectivity index (χ0n) is 19.8. The molecule has 182 valence electrons. The first-order valence-electron chi connectivity index (χ1n) is 11.4. The van der Waals surface area contributed by atoms with Crippen LogP contribution in [0.3, 0.4) is 0 Å². The predicted molar refractivity (Wildman–Crippen MR) is 134 cm³/mol. The fraction of sp³-hybridized carbons (Fsp3) is 0.259. The van der Waals surface area contributed by atoms with E-state index >= 15 is 0 Å². The van der Waals surface area contributed by atoms with E-state index in [2.05, 4.69) is 5.32 Å². The van der Waals surface area contributed by atoms with E-state index in [1.165, 1.54) is 17.0 Å². The maximum atomic E-state index is 13.6. The number of hydrogen-bond acceptors (Lipinski definition) is 4. The molecule has 4 rings (SSSR count). The van der Waals surface area contributed by atoms with Gasteiger partial charge in [0.15, 0.2) is 0 Å². The summed E-state index contributed by atoms with van der Waals surface area (Å²) >= 11 is 0. The normalized spacial score (nSPS) is 18.9. The molecule has 1 aliphatic rings. The number of carbonyl (C=O) groups is 2. The van der Waals surface area contributed by atoms with Crippen molar-refractivity contribution in [3.8, 4) is 0 Å². The first-order valence-corrected chi connectivity index (χ1v) is 12.9. The van der Waals surface area contributed by atoms with Crippen molar-refractivity contribution in [2.45, 2.75) is 37.4 Å².